The van der Waals surface area contributed by atoms with Gasteiger partial charge in [0.05, 0.1) is 7.11 Å². The number of nitrogens with one attached hydrogen (secondary N) is 1. The number of nitrogens with zero attached hydrogens (tertiary/aromatic N) is 2. The van der Waals surface area contributed by atoms with Gasteiger partial charge in [0.2, 0.25) is 0 Å². The Bertz CT molecular complexity index is 109. The third kappa shape index (κ3) is 5.08. The molecule has 68 valence electrons. The number of hydrogen-bond donors (Lipinski definition) is 1. The van der Waals surface area contributed by atoms with E-state index in [2.05, 4.69) is 5.48 Å². The van der Waals surface area contributed by atoms with Gasteiger partial charge in [-0.15, -0.1) is 0 Å². The highest BCUT2D eigenvalue weighted by Crippen LogP contribution is 2.00. The smallest absolute Gasteiger partial charge is 0.134 e. The van der Waals surface area contributed by atoms with Crippen LogP contribution in [0.4, 0.5) is 0 Å². The lowest BCUT2D eigenvalue weighted by atomic mass is 11.2. The molecule has 6 heteroatoms. The van der Waals surface area contributed by atoms with Crippen molar-refractivity contribution < 1.29 is 19.5 Å². The van der Waals surface area contributed by atoms with Crippen LogP contribution in [0.5, 0.6) is 0 Å². The van der Waals surface area contributed by atoms with E-state index in [1.807, 2.05) is 0 Å². The second-order valence-electron chi connectivity index (χ2n) is 2.25. The molecule has 0 heterocycles. The van der Waals surface area contributed by atoms with Crippen molar-refractivity contribution >= 4 is 0 Å². The predicted molar refractivity (Wildman–Crippen MR) is 38.1 cm³/mol. The molecule has 0 aromatic heterocycles. The van der Waals surface area contributed by atoms with Gasteiger partial charge in [-0.05, 0) is 9.75 Å². The van der Waals surface area contributed by atoms with Crippen molar-refractivity contribution in [2.24, 2.45) is 0 Å². The van der Waals surface area contributed by atoms with Crippen LogP contribution in [0.15, 0.2) is 0 Å². The molecule has 0 rings (SSSR count). The summed E-state index contributed by atoms with van der Waals surface area (Å²) in [6.07, 6.45) is 0. The molecule has 0 radical (unpaired) electrons. The fourth-order valence-electron chi connectivity index (χ4n) is 0.455. The fraction of sp³-hybridized carbons (Fsp3) is 1.00. The SMILES string of the molecule is CNON(C)O[N+](C)(C)OC. The summed E-state index contributed by atoms with van der Waals surface area (Å²) >= 11 is 0. The summed E-state index contributed by atoms with van der Waals surface area (Å²) in [5, 5.41) is 1.16. The number of rotatable bonds is 5. The van der Waals surface area contributed by atoms with Gasteiger partial charge in [-0.3, -0.25) is 0 Å². The highest BCUT2D eigenvalue weighted by atomic mass is 17.2. The van der Waals surface area contributed by atoms with E-state index in [9.17, 15) is 0 Å². The molecule has 0 aliphatic carbocycles. The summed E-state index contributed by atoms with van der Waals surface area (Å²) < 4.78 is 0. The van der Waals surface area contributed by atoms with E-state index in [4.69, 9.17) is 14.7 Å². The van der Waals surface area contributed by atoms with Crippen molar-refractivity contribution in [2.75, 3.05) is 35.3 Å². The van der Waals surface area contributed by atoms with E-state index in [1.54, 1.807) is 28.2 Å². The predicted octanol–water partition coefficient (Wildman–Crippen LogP) is -0.531. The Labute approximate surface area is 66.6 Å². The van der Waals surface area contributed by atoms with Crippen molar-refractivity contribution in [2.45, 2.75) is 0 Å². The average molecular weight is 166 g/mol. The summed E-state index contributed by atoms with van der Waals surface area (Å²) in [4.78, 5) is 14.7. The van der Waals surface area contributed by atoms with Crippen LogP contribution in [0.3, 0.4) is 0 Å². The lowest BCUT2D eigenvalue weighted by Crippen LogP contribution is -2.45. The Balaban J connectivity index is 3.64. The summed E-state index contributed by atoms with van der Waals surface area (Å²) in [6.45, 7) is 0. The molecule has 0 amide bonds. The maximum Gasteiger partial charge on any atom is 0.134 e. The first kappa shape index (κ1) is 10.8. The minimum Gasteiger partial charge on any atom is -0.183 e. The van der Waals surface area contributed by atoms with Gasteiger partial charge in [0, 0.05) is 19.3 Å². The Kier molecular flexibility index (Phi) is 4.50. The maximum atomic E-state index is 5.09. The highest BCUT2D eigenvalue weighted by Gasteiger charge is 2.20. The molecule has 1 N–H and O–H groups in total. The largest absolute Gasteiger partial charge is 0.183 e. The van der Waals surface area contributed by atoms with Crippen molar-refractivity contribution in [3.05, 3.63) is 0 Å². The molecule has 0 aliphatic rings. The van der Waals surface area contributed by atoms with Gasteiger partial charge in [0.1, 0.15) is 14.1 Å². The Morgan fingerprint density at radius 3 is 2.27 bits per heavy atom. The van der Waals surface area contributed by atoms with E-state index >= 15 is 0 Å². The molecule has 0 spiro atoms. The van der Waals surface area contributed by atoms with E-state index in [0.717, 1.165) is 5.23 Å². The molecule has 6 nitrogen and oxygen atoms in total. The van der Waals surface area contributed by atoms with Gasteiger partial charge in [-0.1, -0.05) is 0 Å². The molecular formula is C5H16N3O3+. The van der Waals surface area contributed by atoms with Crippen LogP contribution in [0, 0.1) is 0 Å². The average Bonchev–Trinajstić information content (AvgIpc) is 1.87. The topological polar surface area (TPSA) is 43.0 Å². The standard InChI is InChI=1S/C5H16N3O3/c1-6-10-7(2)11-8(3,4)9-5/h6H,1-5H3/q+1. The van der Waals surface area contributed by atoms with Crippen molar-refractivity contribution in [1.29, 1.82) is 0 Å². The first-order valence-electron chi connectivity index (χ1n) is 3.18. The van der Waals surface area contributed by atoms with Gasteiger partial charge in [-0.25, -0.2) is 0 Å². The van der Waals surface area contributed by atoms with Gasteiger partial charge in [0.15, 0.2) is 0 Å². The first-order valence-corrected chi connectivity index (χ1v) is 3.18. The van der Waals surface area contributed by atoms with Crippen molar-refractivity contribution in [3.63, 3.8) is 0 Å². The van der Waals surface area contributed by atoms with Crippen LogP contribution in [-0.4, -0.2) is 45.3 Å². The molecule has 0 aromatic rings. The van der Waals surface area contributed by atoms with Crippen LogP contribution in [0.25, 0.3) is 0 Å². The van der Waals surface area contributed by atoms with Gasteiger partial charge in [-0.2, -0.15) is 15.3 Å². The van der Waals surface area contributed by atoms with Crippen molar-refractivity contribution in [3.8, 4) is 0 Å². The number of hydrogen-bond acceptors (Lipinski definition) is 5. The second kappa shape index (κ2) is 4.60. The molecular weight excluding hydrogens is 150 g/mol. The van der Waals surface area contributed by atoms with E-state index in [0.29, 0.717) is 0 Å². The molecule has 0 saturated carbocycles. The molecule has 11 heavy (non-hydrogen) atoms. The molecule has 0 saturated heterocycles. The second-order valence-corrected chi connectivity index (χ2v) is 2.25. The summed E-state index contributed by atoms with van der Waals surface area (Å²) in [6, 6.07) is 0. The first-order chi connectivity index (χ1) is 5.02. The Morgan fingerprint density at radius 2 is 1.91 bits per heavy atom. The van der Waals surface area contributed by atoms with Gasteiger partial charge < -0.3 is 0 Å². The highest BCUT2D eigenvalue weighted by molar-refractivity contribution is 3.88. The van der Waals surface area contributed by atoms with Crippen LogP contribution < -0.4 is 5.48 Å². The lowest BCUT2D eigenvalue weighted by Gasteiger charge is -2.24. The van der Waals surface area contributed by atoms with E-state index in [1.165, 1.54) is 7.11 Å². The van der Waals surface area contributed by atoms with E-state index in [-0.39, 0.29) is 4.81 Å². The van der Waals surface area contributed by atoms with Gasteiger partial charge in [0.25, 0.3) is 0 Å². The monoisotopic (exact) mass is 166 g/mol. The summed E-state index contributed by atoms with van der Waals surface area (Å²) in [5.41, 5.74) is 2.45. The maximum absolute atomic E-state index is 5.09. The third-order valence-corrected chi connectivity index (χ3v) is 0.971. The quantitative estimate of drug-likeness (QED) is 0.439. The molecule has 0 aromatic carbocycles. The molecule has 0 aliphatic heterocycles. The van der Waals surface area contributed by atoms with Crippen molar-refractivity contribution in [1.82, 2.24) is 10.7 Å². The fourth-order valence-corrected chi connectivity index (χ4v) is 0.455. The van der Waals surface area contributed by atoms with Crippen LogP contribution >= 0.6 is 0 Å². The molecule has 0 atom stereocenters. The minimum absolute atomic E-state index is 0.0713. The van der Waals surface area contributed by atoms with Gasteiger partial charge >= 0.3 is 0 Å². The van der Waals surface area contributed by atoms with Crippen LogP contribution in [0.1, 0.15) is 0 Å². The molecule has 0 fully saturated rings. The Morgan fingerprint density at radius 1 is 1.36 bits per heavy atom. The normalized spacial score (nSPS) is 12.5. The van der Waals surface area contributed by atoms with E-state index < -0.39 is 0 Å². The zero-order chi connectivity index (χ0) is 8.91. The zero-order valence-electron chi connectivity index (χ0n) is 7.62. The molecule has 0 unspecified atom stereocenters. The summed E-state index contributed by atoms with van der Waals surface area (Å²) in [7, 11) is 8.21. The molecule has 0 bridgehead atoms. The lowest BCUT2D eigenvalue weighted by molar-refractivity contribution is -1.24. The summed E-state index contributed by atoms with van der Waals surface area (Å²) in [5.74, 6) is 0. The minimum atomic E-state index is -0.0713. The Hall–Kier alpha value is -0.240. The van der Waals surface area contributed by atoms with Crippen LogP contribution in [0.2, 0.25) is 0 Å². The number of quaternary nitrogens is 1. The third-order valence-electron chi connectivity index (χ3n) is 0.971. The number of hydroxylamine groups is 7. The zero-order valence-corrected chi connectivity index (χ0v) is 7.62. The van der Waals surface area contributed by atoms with Crippen LogP contribution in [-0.2, 0) is 14.7 Å².